The first-order chi connectivity index (χ1) is 17.2. The van der Waals surface area contributed by atoms with E-state index in [-0.39, 0.29) is 28.1 Å². The minimum atomic E-state index is -1.09. The number of benzene rings is 1. The first-order valence-electron chi connectivity index (χ1n) is 11.7. The first kappa shape index (κ1) is 24.6. The molecule has 7 N–H and O–H groups in total. The lowest BCUT2D eigenvalue weighted by atomic mass is 10.0. The number of aliphatic hydroxyl groups is 1. The molecule has 1 aromatic heterocycles. The summed E-state index contributed by atoms with van der Waals surface area (Å²) in [6.07, 6.45) is 3.54. The molecule has 1 aliphatic carbocycles. The van der Waals surface area contributed by atoms with Gasteiger partial charge in [0.05, 0.1) is 47.1 Å². The van der Waals surface area contributed by atoms with Crippen molar-refractivity contribution in [1.82, 2.24) is 4.98 Å². The second kappa shape index (κ2) is 9.41. The van der Waals surface area contributed by atoms with E-state index in [0.29, 0.717) is 37.3 Å². The summed E-state index contributed by atoms with van der Waals surface area (Å²) in [5.41, 5.74) is 20.4. The molecule has 1 fully saturated rings. The van der Waals surface area contributed by atoms with Crippen molar-refractivity contribution in [1.29, 1.82) is 0 Å². The number of hydrogen-bond acceptors (Lipinski definition) is 9. The smallest absolute Gasteiger partial charge is 0.268 e. The van der Waals surface area contributed by atoms with Crippen molar-refractivity contribution >= 4 is 29.0 Å². The standard InChI is InChI=1S/C24H28F2N6O3S/c1-35-16-7-5-13(25)17(18(16)26)24-32(21(22(28)34)23(29)36-24)14-9-30-19-12(4-6-15(19)33)20(14)31-8-2-3-11(27)10-31/h5,7,9,11,15,24,33H,2-4,6,8,10,27,29H2,1H3,(H2,28,34)/t11-,15?,24?/m0/s1. The number of ether oxygens (including phenoxy) is 1. The van der Waals surface area contributed by atoms with Crippen molar-refractivity contribution in [3.05, 3.63) is 57.5 Å². The van der Waals surface area contributed by atoms with Crippen molar-refractivity contribution in [2.75, 3.05) is 30.0 Å². The number of hydrogen-bond donors (Lipinski definition) is 4. The van der Waals surface area contributed by atoms with Crippen LogP contribution in [0.5, 0.6) is 5.75 Å². The van der Waals surface area contributed by atoms with Crippen molar-refractivity contribution in [3.63, 3.8) is 0 Å². The molecule has 36 heavy (non-hydrogen) atoms. The van der Waals surface area contributed by atoms with Crippen LogP contribution in [0.3, 0.4) is 0 Å². The zero-order valence-electron chi connectivity index (χ0n) is 19.7. The Morgan fingerprint density at radius 1 is 1.31 bits per heavy atom. The van der Waals surface area contributed by atoms with Gasteiger partial charge >= 0.3 is 0 Å². The molecule has 2 unspecified atom stereocenters. The molecule has 5 rings (SSSR count). The molecule has 1 amide bonds. The molecule has 3 atom stereocenters. The predicted octanol–water partition coefficient (Wildman–Crippen LogP) is 2.14. The minimum absolute atomic E-state index is 0.0379. The third-order valence-electron chi connectivity index (χ3n) is 6.92. The fourth-order valence-electron chi connectivity index (χ4n) is 5.31. The summed E-state index contributed by atoms with van der Waals surface area (Å²) in [5, 5.41) is 9.46. The molecule has 1 saturated heterocycles. The fourth-order valence-corrected chi connectivity index (χ4v) is 6.52. The van der Waals surface area contributed by atoms with Crippen LogP contribution in [-0.4, -0.2) is 42.2 Å². The van der Waals surface area contributed by atoms with Crippen molar-refractivity contribution in [2.45, 2.75) is 43.2 Å². The molecule has 0 radical (unpaired) electrons. The van der Waals surface area contributed by atoms with Crippen LogP contribution >= 0.6 is 11.8 Å². The van der Waals surface area contributed by atoms with E-state index < -0.39 is 29.0 Å². The van der Waals surface area contributed by atoms with Crippen LogP contribution < -0.4 is 31.7 Å². The topological polar surface area (TPSA) is 144 Å². The summed E-state index contributed by atoms with van der Waals surface area (Å²) in [4.78, 5) is 20.7. The summed E-state index contributed by atoms with van der Waals surface area (Å²) < 4.78 is 35.7. The Bertz CT molecular complexity index is 1260. The zero-order chi connectivity index (χ0) is 25.7. The maximum Gasteiger partial charge on any atom is 0.268 e. The van der Waals surface area contributed by atoms with Gasteiger partial charge in [0.15, 0.2) is 11.6 Å². The molecular formula is C24H28F2N6O3S. The monoisotopic (exact) mass is 518 g/mol. The third-order valence-corrected chi connectivity index (χ3v) is 8.04. The van der Waals surface area contributed by atoms with Gasteiger partial charge in [-0.1, -0.05) is 11.8 Å². The van der Waals surface area contributed by atoms with Gasteiger partial charge in [-0.2, -0.15) is 0 Å². The highest BCUT2D eigenvalue weighted by molar-refractivity contribution is 8.03. The molecule has 192 valence electrons. The number of nitrogens with zero attached hydrogens (tertiary/aromatic N) is 3. The molecule has 0 spiro atoms. The van der Waals surface area contributed by atoms with Crippen LogP contribution in [0.15, 0.2) is 29.1 Å². The van der Waals surface area contributed by atoms with Gasteiger partial charge in [-0.25, -0.2) is 8.78 Å². The number of aromatic nitrogens is 1. The summed E-state index contributed by atoms with van der Waals surface area (Å²) in [6.45, 7) is 1.23. The number of fused-ring (bicyclic) bond motifs is 1. The van der Waals surface area contributed by atoms with Gasteiger partial charge in [-0.15, -0.1) is 0 Å². The van der Waals surface area contributed by atoms with E-state index >= 15 is 8.78 Å². The summed E-state index contributed by atoms with van der Waals surface area (Å²) >= 11 is 0.922. The average Bonchev–Trinajstić information content (AvgIpc) is 3.38. The van der Waals surface area contributed by atoms with Crippen LogP contribution in [0.2, 0.25) is 0 Å². The lowest BCUT2D eigenvalue weighted by Gasteiger charge is -2.38. The lowest BCUT2D eigenvalue weighted by molar-refractivity contribution is -0.114. The highest BCUT2D eigenvalue weighted by Crippen LogP contribution is 2.53. The Hall–Kier alpha value is -3.09. The van der Waals surface area contributed by atoms with Crippen LogP contribution in [0, 0.1) is 11.6 Å². The van der Waals surface area contributed by atoms with Crippen molar-refractivity contribution < 1.29 is 23.4 Å². The second-order valence-corrected chi connectivity index (χ2v) is 10.3. The average molecular weight is 519 g/mol. The maximum absolute atomic E-state index is 15.5. The van der Waals surface area contributed by atoms with Crippen LogP contribution in [0.25, 0.3) is 0 Å². The Morgan fingerprint density at radius 3 is 2.78 bits per heavy atom. The molecular weight excluding hydrogens is 490 g/mol. The number of pyridine rings is 1. The van der Waals surface area contributed by atoms with Gasteiger partial charge in [-0.3, -0.25) is 9.78 Å². The van der Waals surface area contributed by atoms with Crippen molar-refractivity contribution in [3.8, 4) is 5.75 Å². The minimum Gasteiger partial charge on any atom is -0.494 e. The zero-order valence-corrected chi connectivity index (χ0v) is 20.5. The quantitative estimate of drug-likeness (QED) is 0.468. The van der Waals surface area contributed by atoms with Gasteiger partial charge in [-0.05, 0) is 37.8 Å². The number of carbonyl (C=O) groups is 1. The van der Waals surface area contributed by atoms with Crippen LogP contribution in [0.4, 0.5) is 20.2 Å². The van der Waals surface area contributed by atoms with Crippen LogP contribution in [-0.2, 0) is 11.2 Å². The van der Waals surface area contributed by atoms with Crippen molar-refractivity contribution in [2.24, 2.45) is 17.2 Å². The van der Waals surface area contributed by atoms with Crippen LogP contribution in [0.1, 0.15) is 47.6 Å². The Morgan fingerprint density at radius 2 is 2.08 bits per heavy atom. The Labute approximate surface area is 211 Å². The molecule has 3 heterocycles. The molecule has 0 bridgehead atoms. The lowest BCUT2D eigenvalue weighted by Crippen LogP contribution is -2.44. The second-order valence-electron chi connectivity index (χ2n) is 9.15. The first-order valence-corrected chi connectivity index (χ1v) is 12.6. The number of aliphatic hydroxyl groups excluding tert-OH is 1. The van der Waals surface area contributed by atoms with E-state index in [1.807, 2.05) is 0 Å². The van der Waals surface area contributed by atoms with E-state index in [9.17, 15) is 9.90 Å². The predicted molar refractivity (Wildman–Crippen MR) is 133 cm³/mol. The normalized spacial score (nSPS) is 23.9. The Kier molecular flexibility index (Phi) is 6.43. The summed E-state index contributed by atoms with van der Waals surface area (Å²) in [7, 11) is 1.29. The van der Waals surface area contributed by atoms with E-state index in [0.717, 1.165) is 41.9 Å². The number of halogens is 2. The summed E-state index contributed by atoms with van der Waals surface area (Å²) in [6, 6.07) is 2.23. The van der Waals surface area contributed by atoms with E-state index in [1.54, 1.807) is 0 Å². The highest BCUT2D eigenvalue weighted by Gasteiger charge is 2.43. The number of rotatable bonds is 5. The van der Waals surface area contributed by atoms with Gasteiger partial charge in [0.1, 0.15) is 16.9 Å². The van der Waals surface area contributed by atoms with Gasteiger partial charge in [0.2, 0.25) is 0 Å². The number of methoxy groups -OCH3 is 1. The number of carbonyl (C=O) groups excluding carboxylic acids is 1. The van der Waals surface area contributed by atoms with Gasteiger partial charge in [0.25, 0.3) is 5.91 Å². The maximum atomic E-state index is 15.5. The molecule has 0 saturated carbocycles. The number of amides is 1. The largest absolute Gasteiger partial charge is 0.494 e. The number of nitrogens with two attached hydrogens (primary N) is 3. The number of thioether (sulfide) groups is 1. The summed E-state index contributed by atoms with van der Waals surface area (Å²) in [5.74, 6) is -2.70. The highest BCUT2D eigenvalue weighted by atomic mass is 32.2. The van der Waals surface area contributed by atoms with Gasteiger partial charge < -0.3 is 36.8 Å². The van der Waals surface area contributed by atoms with E-state index in [4.69, 9.17) is 21.9 Å². The van der Waals surface area contributed by atoms with E-state index in [1.165, 1.54) is 24.3 Å². The molecule has 2 aromatic rings. The Balaban J connectivity index is 1.74. The molecule has 3 aliphatic rings. The van der Waals surface area contributed by atoms with Gasteiger partial charge in [0, 0.05) is 24.7 Å². The molecule has 1 aromatic carbocycles. The van der Waals surface area contributed by atoms with E-state index in [2.05, 4.69) is 9.88 Å². The number of anilines is 2. The molecule has 9 nitrogen and oxygen atoms in total. The molecule has 12 heteroatoms. The molecule has 2 aliphatic heterocycles. The fraction of sp³-hybridized carbons (Fsp3) is 0.417. The third kappa shape index (κ3) is 3.93. The number of primary amides is 1. The SMILES string of the molecule is COc1ccc(F)c(C2SC(N)=C(C(N)=O)N2c2cnc3c(c2N2CCC[C@H](N)C2)CCC3O)c1F. The number of piperidine rings is 1.